The molecule has 0 radical (unpaired) electrons. The molecular formula is C7H14. The van der Waals surface area contributed by atoms with Gasteiger partial charge in [-0.25, -0.2) is 0 Å². The molecule has 0 aromatic rings. The lowest BCUT2D eigenvalue weighted by atomic mass is 10.1. The second-order valence-corrected chi connectivity index (χ2v) is 3.40. The zero-order valence-electron chi connectivity index (χ0n) is 5.65. The molecule has 0 nitrogen and oxygen atoms in total. The highest BCUT2D eigenvalue weighted by atomic mass is 14.6. The molecule has 42 valence electrons. The van der Waals surface area contributed by atoms with Gasteiger partial charge in [0.2, 0.25) is 0 Å². The van der Waals surface area contributed by atoms with E-state index in [2.05, 4.69) is 27.7 Å². The second kappa shape index (κ2) is 1.04. The summed E-state index contributed by atoms with van der Waals surface area (Å²) in [4.78, 5) is 0. The third-order valence-corrected chi connectivity index (χ3v) is 2.99. The molecule has 1 rings (SSSR count). The van der Waals surface area contributed by atoms with Crippen LogP contribution in [0.2, 0.25) is 0 Å². The predicted octanol–water partition coefficient (Wildman–Crippen LogP) is 2.30. The molecule has 0 aromatic carbocycles. The summed E-state index contributed by atoms with van der Waals surface area (Å²) in [5.41, 5.74) is 0.667. The smallest absolute Gasteiger partial charge is 0.0297 e. The Morgan fingerprint density at radius 2 is 1.14 bits per heavy atom. The Balaban J connectivity index is 2.52. The van der Waals surface area contributed by atoms with E-state index in [1.165, 1.54) is 0 Å². The van der Waals surface area contributed by atoms with Crippen LogP contribution in [-0.4, -0.2) is 0 Å². The average Bonchev–Trinajstić information content (AvgIpc) is 1.91. The first-order valence-electron chi connectivity index (χ1n) is 3.07. The van der Waals surface area contributed by atoms with E-state index in [1.807, 2.05) is 0 Å². The van der Waals surface area contributed by atoms with Crippen molar-refractivity contribution in [3.63, 3.8) is 0 Å². The summed E-state index contributed by atoms with van der Waals surface area (Å²) in [6, 6.07) is 0. The van der Waals surface area contributed by atoms with Crippen molar-refractivity contribution < 1.29 is 0 Å². The van der Waals surface area contributed by atoms with Crippen molar-refractivity contribution in [3.8, 4) is 0 Å². The summed E-state index contributed by atoms with van der Waals surface area (Å²) < 4.78 is 0. The molecule has 1 aliphatic carbocycles. The van der Waals surface area contributed by atoms with Crippen LogP contribution in [-0.2, 0) is 0 Å². The van der Waals surface area contributed by atoms with E-state index in [0.29, 0.717) is 5.41 Å². The molecule has 7 heavy (non-hydrogen) atoms. The minimum Gasteiger partial charge on any atom is -0.0617 e. The van der Waals surface area contributed by atoms with Crippen LogP contribution in [0.25, 0.3) is 0 Å². The van der Waals surface area contributed by atoms with E-state index in [1.54, 1.807) is 0 Å². The van der Waals surface area contributed by atoms with Crippen molar-refractivity contribution >= 4 is 0 Å². The summed E-state index contributed by atoms with van der Waals surface area (Å²) in [6.45, 7) is 9.32. The summed E-state index contributed by atoms with van der Waals surface area (Å²) in [7, 11) is 0. The first-order valence-corrected chi connectivity index (χ1v) is 3.07. The average molecular weight is 98.2 g/mol. The van der Waals surface area contributed by atoms with Crippen LogP contribution in [0.15, 0.2) is 0 Å². The first-order chi connectivity index (χ1) is 3.07. The molecule has 0 unspecified atom stereocenters. The van der Waals surface area contributed by atoms with Crippen molar-refractivity contribution in [1.82, 2.24) is 0 Å². The van der Waals surface area contributed by atoms with Crippen LogP contribution < -0.4 is 0 Å². The van der Waals surface area contributed by atoms with Crippen LogP contribution in [0.1, 0.15) is 27.7 Å². The highest BCUT2D eigenvalue weighted by molar-refractivity contribution is 4.99. The van der Waals surface area contributed by atoms with Crippen molar-refractivity contribution in [1.29, 1.82) is 0 Å². The maximum atomic E-state index is 2.34. The summed E-state index contributed by atoms with van der Waals surface area (Å²) in [6.07, 6.45) is 0. The lowest BCUT2D eigenvalue weighted by Crippen LogP contribution is -1.85. The Morgan fingerprint density at radius 3 is 1.14 bits per heavy atom. The van der Waals surface area contributed by atoms with Gasteiger partial charge in [0.05, 0.1) is 0 Å². The number of hydrogen-bond acceptors (Lipinski definition) is 0. The molecular weight excluding hydrogens is 84.1 g/mol. The van der Waals surface area contributed by atoms with Gasteiger partial charge >= 0.3 is 0 Å². The van der Waals surface area contributed by atoms with Gasteiger partial charge < -0.3 is 0 Å². The highest BCUT2D eigenvalue weighted by Crippen LogP contribution is 2.57. The van der Waals surface area contributed by atoms with Gasteiger partial charge in [0, 0.05) is 0 Å². The second-order valence-electron chi connectivity index (χ2n) is 3.40. The monoisotopic (exact) mass is 98.1 g/mol. The lowest BCUT2D eigenvalue weighted by Gasteiger charge is -1.94. The van der Waals surface area contributed by atoms with Crippen LogP contribution in [0.3, 0.4) is 0 Å². The van der Waals surface area contributed by atoms with E-state index in [-0.39, 0.29) is 0 Å². The number of rotatable bonds is 0. The summed E-state index contributed by atoms with van der Waals surface area (Å²) in [5, 5.41) is 0. The highest BCUT2D eigenvalue weighted by Gasteiger charge is 2.50. The topological polar surface area (TPSA) is 0 Å². The van der Waals surface area contributed by atoms with E-state index < -0.39 is 0 Å². The fraction of sp³-hybridized carbons (Fsp3) is 1.00. The van der Waals surface area contributed by atoms with Gasteiger partial charge in [0.1, 0.15) is 0 Å². The first kappa shape index (κ1) is 5.14. The van der Waals surface area contributed by atoms with E-state index in [4.69, 9.17) is 0 Å². The molecule has 0 saturated heterocycles. The Kier molecular flexibility index (Phi) is 0.765. The molecule has 0 heterocycles. The third-order valence-electron chi connectivity index (χ3n) is 2.99. The molecule has 0 aromatic heterocycles. The Hall–Kier alpha value is 0. The maximum absolute atomic E-state index is 2.34. The lowest BCUT2D eigenvalue weighted by molar-refractivity contribution is 0.559. The Bertz CT molecular complexity index is 72.0. The molecule has 0 N–H and O–H groups in total. The fourth-order valence-electron chi connectivity index (χ4n) is 1.19. The molecule has 0 spiro atoms. The zero-order valence-corrected chi connectivity index (χ0v) is 5.65. The van der Waals surface area contributed by atoms with Gasteiger partial charge in [-0.15, -0.1) is 0 Å². The van der Waals surface area contributed by atoms with Gasteiger partial charge in [0.15, 0.2) is 0 Å². The van der Waals surface area contributed by atoms with Crippen LogP contribution in [0.5, 0.6) is 0 Å². The molecule has 1 fully saturated rings. The van der Waals surface area contributed by atoms with Crippen LogP contribution in [0.4, 0.5) is 0 Å². The van der Waals surface area contributed by atoms with Gasteiger partial charge in [-0.05, 0) is 17.3 Å². The SMILES string of the molecule is C[C@@H]1[C@@H](C)C1(C)C. The van der Waals surface area contributed by atoms with E-state index >= 15 is 0 Å². The molecule has 1 saturated carbocycles. The third kappa shape index (κ3) is 0.490. The molecule has 0 amide bonds. The van der Waals surface area contributed by atoms with Crippen molar-refractivity contribution in [3.05, 3.63) is 0 Å². The molecule has 2 atom stereocenters. The largest absolute Gasteiger partial charge is 0.0617 e. The van der Waals surface area contributed by atoms with Gasteiger partial charge in [-0.2, -0.15) is 0 Å². The van der Waals surface area contributed by atoms with Gasteiger partial charge in [-0.3, -0.25) is 0 Å². The Morgan fingerprint density at radius 1 is 1.00 bits per heavy atom. The molecule has 0 aliphatic heterocycles. The summed E-state index contributed by atoms with van der Waals surface area (Å²) >= 11 is 0. The van der Waals surface area contributed by atoms with Crippen LogP contribution in [0, 0.1) is 17.3 Å². The van der Waals surface area contributed by atoms with Crippen molar-refractivity contribution in [2.24, 2.45) is 17.3 Å². The standard InChI is InChI=1S/C7H14/c1-5-6(2)7(5,3)4/h5-6H,1-4H3/t5-,6-/m1/s1. The molecule has 1 aliphatic rings. The minimum absolute atomic E-state index is 0.667. The molecule has 0 bridgehead atoms. The van der Waals surface area contributed by atoms with Crippen molar-refractivity contribution in [2.45, 2.75) is 27.7 Å². The summed E-state index contributed by atoms with van der Waals surface area (Å²) in [5.74, 6) is 1.93. The predicted molar refractivity (Wildman–Crippen MR) is 32.1 cm³/mol. The maximum Gasteiger partial charge on any atom is -0.0297 e. The van der Waals surface area contributed by atoms with Crippen LogP contribution >= 0.6 is 0 Å². The van der Waals surface area contributed by atoms with Gasteiger partial charge in [-0.1, -0.05) is 27.7 Å². The number of hydrogen-bond donors (Lipinski definition) is 0. The fourth-order valence-corrected chi connectivity index (χ4v) is 1.19. The van der Waals surface area contributed by atoms with Crippen molar-refractivity contribution in [2.75, 3.05) is 0 Å². The van der Waals surface area contributed by atoms with E-state index in [0.717, 1.165) is 11.8 Å². The quantitative estimate of drug-likeness (QED) is 0.436. The van der Waals surface area contributed by atoms with E-state index in [9.17, 15) is 0 Å². The zero-order chi connectivity index (χ0) is 5.65. The molecule has 0 heteroatoms. The van der Waals surface area contributed by atoms with Gasteiger partial charge in [0.25, 0.3) is 0 Å². The Labute approximate surface area is 45.9 Å². The minimum atomic E-state index is 0.667. The normalized spacial score (nSPS) is 46.3.